The number of ether oxygens (including phenoxy) is 1. The predicted molar refractivity (Wildman–Crippen MR) is 67.0 cm³/mol. The standard InChI is InChI=1S/C15H20O2/c16-14(11-13-7-4-10-17-13)15(8-9-15)12-5-2-1-3-6-12/h1-3,5-6,13-14,16H,4,7-11H2. The molecule has 2 aliphatic rings. The van der Waals surface area contributed by atoms with Gasteiger partial charge in [0.25, 0.3) is 0 Å². The molecule has 2 atom stereocenters. The van der Waals surface area contributed by atoms with E-state index in [1.165, 1.54) is 5.56 Å². The molecule has 1 saturated heterocycles. The first-order chi connectivity index (χ1) is 8.31. The van der Waals surface area contributed by atoms with Gasteiger partial charge in [-0.1, -0.05) is 30.3 Å². The minimum absolute atomic E-state index is 0.0349. The third-order valence-electron chi connectivity index (χ3n) is 4.29. The molecule has 1 aliphatic heterocycles. The Bertz CT molecular complexity index is 364. The van der Waals surface area contributed by atoms with E-state index in [0.717, 1.165) is 38.7 Å². The van der Waals surface area contributed by atoms with Crippen LogP contribution in [-0.2, 0) is 10.2 Å². The van der Waals surface area contributed by atoms with Crippen LogP contribution in [-0.4, -0.2) is 23.9 Å². The van der Waals surface area contributed by atoms with Crippen molar-refractivity contribution in [3.63, 3.8) is 0 Å². The molecule has 1 N–H and O–H groups in total. The van der Waals surface area contributed by atoms with Crippen molar-refractivity contribution in [2.45, 2.75) is 49.7 Å². The molecule has 2 unspecified atom stereocenters. The summed E-state index contributed by atoms with van der Waals surface area (Å²) in [6.45, 7) is 0.871. The molecule has 2 heteroatoms. The first-order valence-corrected chi connectivity index (χ1v) is 6.66. The molecule has 1 aromatic carbocycles. The number of rotatable bonds is 4. The SMILES string of the molecule is OC(CC1CCCO1)C1(c2ccccc2)CC1. The monoisotopic (exact) mass is 232 g/mol. The lowest BCUT2D eigenvalue weighted by Gasteiger charge is -2.25. The van der Waals surface area contributed by atoms with Crippen LogP contribution in [0.25, 0.3) is 0 Å². The van der Waals surface area contributed by atoms with Gasteiger partial charge in [-0.3, -0.25) is 0 Å². The van der Waals surface area contributed by atoms with Crippen LogP contribution in [0.1, 0.15) is 37.7 Å². The van der Waals surface area contributed by atoms with Gasteiger partial charge in [-0.25, -0.2) is 0 Å². The van der Waals surface area contributed by atoms with Gasteiger partial charge in [-0.15, -0.1) is 0 Å². The summed E-state index contributed by atoms with van der Waals surface area (Å²) < 4.78 is 5.62. The van der Waals surface area contributed by atoms with E-state index < -0.39 is 0 Å². The average molecular weight is 232 g/mol. The fourth-order valence-electron chi connectivity index (χ4n) is 3.02. The van der Waals surface area contributed by atoms with E-state index in [-0.39, 0.29) is 17.6 Å². The summed E-state index contributed by atoms with van der Waals surface area (Å²) in [5, 5.41) is 10.5. The molecule has 1 aliphatic carbocycles. The van der Waals surface area contributed by atoms with Gasteiger partial charge in [0.2, 0.25) is 0 Å². The topological polar surface area (TPSA) is 29.5 Å². The minimum Gasteiger partial charge on any atom is -0.392 e. The van der Waals surface area contributed by atoms with Gasteiger partial charge in [-0.05, 0) is 31.2 Å². The maximum absolute atomic E-state index is 10.5. The Morgan fingerprint density at radius 2 is 2.06 bits per heavy atom. The van der Waals surface area contributed by atoms with Gasteiger partial charge in [-0.2, -0.15) is 0 Å². The molecule has 0 aromatic heterocycles. The van der Waals surface area contributed by atoms with Gasteiger partial charge in [0.1, 0.15) is 0 Å². The Kier molecular flexibility index (Phi) is 2.93. The van der Waals surface area contributed by atoms with Crippen molar-refractivity contribution in [1.82, 2.24) is 0 Å². The normalized spacial score (nSPS) is 27.9. The third kappa shape index (κ3) is 2.12. The summed E-state index contributed by atoms with van der Waals surface area (Å²) >= 11 is 0. The van der Waals surface area contributed by atoms with Crippen molar-refractivity contribution in [2.24, 2.45) is 0 Å². The Morgan fingerprint density at radius 1 is 1.29 bits per heavy atom. The van der Waals surface area contributed by atoms with Crippen molar-refractivity contribution >= 4 is 0 Å². The third-order valence-corrected chi connectivity index (χ3v) is 4.29. The second-order valence-electron chi connectivity index (χ2n) is 5.41. The first-order valence-electron chi connectivity index (χ1n) is 6.66. The number of hydrogen-bond donors (Lipinski definition) is 1. The van der Waals surface area contributed by atoms with Crippen LogP contribution in [0.2, 0.25) is 0 Å². The molecule has 1 heterocycles. The molecular weight excluding hydrogens is 212 g/mol. The van der Waals surface area contributed by atoms with E-state index in [0.29, 0.717) is 0 Å². The van der Waals surface area contributed by atoms with Crippen molar-refractivity contribution in [3.8, 4) is 0 Å². The zero-order valence-corrected chi connectivity index (χ0v) is 10.1. The Morgan fingerprint density at radius 3 is 2.65 bits per heavy atom. The summed E-state index contributed by atoms with van der Waals surface area (Å²) in [7, 11) is 0. The highest BCUT2D eigenvalue weighted by Gasteiger charge is 2.50. The van der Waals surface area contributed by atoms with Crippen LogP contribution in [0.15, 0.2) is 30.3 Å². The molecule has 0 amide bonds. The molecule has 92 valence electrons. The second-order valence-corrected chi connectivity index (χ2v) is 5.41. The van der Waals surface area contributed by atoms with Gasteiger partial charge in [0.15, 0.2) is 0 Å². The van der Waals surface area contributed by atoms with E-state index >= 15 is 0 Å². The molecule has 0 spiro atoms. The molecule has 0 radical (unpaired) electrons. The maximum atomic E-state index is 10.5. The van der Waals surface area contributed by atoms with E-state index in [2.05, 4.69) is 24.3 Å². The Labute approximate surface area is 103 Å². The average Bonchev–Trinajstić information content (AvgIpc) is 3.04. The molecule has 2 nitrogen and oxygen atoms in total. The number of hydrogen-bond acceptors (Lipinski definition) is 2. The maximum Gasteiger partial charge on any atom is 0.0661 e. The van der Waals surface area contributed by atoms with E-state index in [1.807, 2.05) is 6.07 Å². The molecule has 3 rings (SSSR count). The molecule has 2 fully saturated rings. The van der Waals surface area contributed by atoms with Crippen molar-refractivity contribution in [2.75, 3.05) is 6.61 Å². The van der Waals surface area contributed by atoms with Crippen LogP contribution in [0.5, 0.6) is 0 Å². The van der Waals surface area contributed by atoms with Crippen molar-refractivity contribution in [1.29, 1.82) is 0 Å². The smallest absolute Gasteiger partial charge is 0.0661 e. The predicted octanol–water partition coefficient (Wildman–Crippen LogP) is 2.65. The van der Waals surface area contributed by atoms with Crippen molar-refractivity contribution < 1.29 is 9.84 Å². The van der Waals surface area contributed by atoms with Gasteiger partial charge in [0.05, 0.1) is 12.2 Å². The van der Waals surface area contributed by atoms with Crippen LogP contribution in [0.3, 0.4) is 0 Å². The van der Waals surface area contributed by atoms with Gasteiger partial charge >= 0.3 is 0 Å². The largest absolute Gasteiger partial charge is 0.392 e. The lowest BCUT2D eigenvalue weighted by atomic mass is 9.87. The summed E-state index contributed by atoms with van der Waals surface area (Å²) in [6, 6.07) is 10.5. The highest BCUT2D eigenvalue weighted by molar-refractivity contribution is 5.33. The van der Waals surface area contributed by atoms with Gasteiger partial charge in [0, 0.05) is 18.4 Å². The zero-order valence-electron chi connectivity index (χ0n) is 10.1. The number of aliphatic hydroxyl groups is 1. The van der Waals surface area contributed by atoms with Crippen LogP contribution in [0, 0.1) is 0 Å². The van der Waals surface area contributed by atoms with E-state index in [1.54, 1.807) is 0 Å². The fraction of sp³-hybridized carbons (Fsp3) is 0.600. The van der Waals surface area contributed by atoms with Crippen LogP contribution < -0.4 is 0 Å². The molecule has 17 heavy (non-hydrogen) atoms. The van der Waals surface area contributed by atoms with Crippen LogP contribution >= 0.6 is 0 Å². The second kappa shape index (κ2) is 4.43. The van der Waals surface area contributed by atoms with Gasteiger partial charge < -0.3 is 9.84 Å². The van der Waals surface area contributed by atoms with E-state index in [9.17, 15) is 5.11 Å². The highest BCUT2D eigenvalue weighted by Crippen LogP contribution is 2.52. The van der Waals surface area contributed by atoms with Crippen molar-refractivity contribution in [3.05, 3.63) is 35.9 Å². The summed E-state index contributed by atoms with van der Waals surface area (Å²) in [5.74, 6) is 0. The molecule has 0 bridgehead atoms. The Balaban J connectivity index is 1.70. The number of benzene rings is 1. The lowest BCUT2D eigenvalue weighted by Crippen LogP contribution is -2.30. The summed E-state index contributed by atoms with van der Waals surface area (Å²) in [4.78, 5) is 0. The lowest BCUT2D eigenvalue weighted by molar-refractivity contribution is 0.0373. The minimum atomic E-state index is -0.243. The molecule has 1 aromatic rings. The number of aliphatic hydroxyl groups excluding tert-OH is 1. The summed E-state index contributed by atoms with van der Waals surface area (Å²) in [6.07, 6.45) is 5.33. The quantitative estimate of drug-likeness (QED) is 0.864. The Hall–Kier alpha value is -0.860. The molecule has 1 saturated carbocycles. The highest BCUT2D eigenvalue weighted by atomic mass is 16.5. The van der Waals surface area contributed by atoms with Crippen LogP contribution in [0.4, 0.5) is 0 Å². The summed E-state index contributed by atoms with van der Waals surface area (Å²) in [5.41, 5.74) is 1.33. The zero-order chi connectivity index (χ0) is 11.7. The van der Waals surface area contributed by atoms with E-state index in [4.69, 9.17) is 4.74 Å². The molecular formula is C15H20O2. The first kappa shape index (κ1) is 11.2. The fourth-order valence-corrected chi connectivity index (χ4v) is 3.02.